The smallest absolute Gasteiger partial charge is 0.422 e. The molecule has 3 amide bonds. The molecule has 1 aromatic heterocycles. The van der Waals surface area contributed by atoms with Crippen LogP contribution in [0.15, 0.2) is 65.6 Å². The van der Waals surface area contributed by atoms with Crippen molar-refractivity contribution in [3.63, 3.8) is 0 Å². The van der Waals surface area contributed by atoms with Crippen LogP contribution in [-0.4, -0.2) is 63.1 Å². The summed E-state index contributed by atoms with van der Waals surface area (Å²) in [6, 6.07) is 9.59. The van der Waals surface area contributed by atoms with Gasteiger partial charge in [-0.3, -0.25) is 19.4 Å². The summed E-state index contributed by atoms with van der Waals surface area (Å²) < 4.78 is 0. The molecule has 186 valence electrons. The second-order valence-electron chi connectivity index (χ2n) is 7.66. The first kappa shape index (κ1) is 28.0. The number of carbonyl (C=O) groups excluding carboxylic acids is 3. The number of aromatic nitrogens is 2. The molecule has 11 nitrogen and oxygen atoms in total. The maximum Gasteiger partial charge on any atom is 0.504 e. The fraction of sp³-hybridized carbons (Fsp3) is 0.292. The summed E-state index contributed by atoms with van der Waals surface area (Å²) in [5, 5.41) is 33.6. The van der Waals surface area contributed by atoms with Gasteiger partial charge in [-0.1, -0.05) is 36.4 Å². The molecular formula is C24H27BN6O5. The fourth-order valence-corrected chi connectivity index (χ4v) is 3.14. The Balaban J connectivity index is 2.10. The summed E-state index contributed by atoms with van der Waals surface area (Å²) in [7, 11) is -1.96. The van der Waals surface area contributed by atoms with Crippen molar-refractivity contribution in [3.05, 3.63) is 71.8 Å². The van der Waals surface area contributed by atoms with Crippen LogP contribution in [0.1, 0.15) is 42.2 Å². The first-order valence-corrected chi connectivity index (χ1v) is 11.3. The van der Waals surface area contributed by atoms with Crippen molar-refractivity contribution in [2.75, 3.05) is 6.54 Å². The summed E-state index contributed by atoms with van der Waals surface area (Å²) >= 11 is 0. The number of carbonyl (C=O) groups is 3. The van der Waals surface area contributed by atoms with E-state index in [9.17, 15) is 24.4 Å². The zero-order chi connectivity index (χ0) is 26.3. The molecule has 12 heteroatoms. The Bertz CT molecular complexity index is 1130. The van der Waals surface area contributed by atoms with E-state index in [1.807, 2.05) is 0 Å². The summed E-state index contributed by atoms with van der Waals surface area (Å²) in [6.45, 7) is 1.85. The van der Waals surface area contributed by atoms with Crippen molar-refractivity contribution in [1.29, 1.82) is 5.26 Å². The van der Waals surface area contributed by atoms with E-state index in [-0.39, 0.29) is 36.3 Å². The van der Waals surface area contributed by atoms with Crippen LogP contribution in [0.2, 0.25) is 0 Å². The molecule has 0 unspecified atom stereocenters. The van der Waals surface area contributed by atoms with Gasteiger partial charge < -0.3 is 20.7 Å². The first-order valence-electron chi connectivity index (χ1n) is 11.3. The molecule has 0 radical (unpaired) electrons. The molecule has 1 heterocycles. The molecule has 36 heavy (non-hydrogen) atoms. The third kappa shape index (κ3) is 9.21. The fourth-order valence-electron chi connectivity index (χ4n) is 3.14. The molecule has 1 atom stereocenters. The van der Waals surface area contributed by atoms with Gasteiger partial charge in [0, 0.05) is 25.4 Å². The van der Waals surface area contributed by atoms with Crippen molar-refractivity contribution in [1.82, 2.24) is 20.6 Å². The molecule has 2 aromatic rings. The number of unbranched alkanes of at least 4 members (excludes halogenated alkanes) is 1. The highest BCUT2D eigenvalue weighted by Gasteiger charge is 2.25. The molecule has 0 bridgehead atoms. The van der Waals surface area contributed by atoms with Crippen LogP contribution >= 0.6 is 0 Å². The minimum atomic E-state index is -1.96. The highest BCUT2D eigenvalue weighted by atomic mass is 16.4. The van der Waals surface area contributed by atoms with Crippen LogP contribution in [0.5, 0.6) is 0 Å². The molecule has 0 fully saturated rings. The largest absolute Gasteiger partial charge is 0.504 e. The lowest BCUT2D eigenvalue weighted by Gasteiger charge is -2.16. The number of rotatable bonds is 12. The topological polar surface area (TPSA) is 178 Å². The Morgan fingerprint density at radius 3 is 2.56 bits per heavy atom. The van der Waals surface area contributed by atoms with Crippen LogP contribution < -0.4 is 10.6 Å². The Labute approximate surface area is 209 Å². The number of nitrogens with zero attached hydrogens (tertiary/aromatic N) is 4. The van der Waals surface area contributed by atoms with E-state index in [4.69, 9.17) is 5.26 Å². The van der Waals surface area contributed by atoms with Gasteiger partial charge in [-0.05, 0) is 31.7 Å². The maximum atomic E-state index is 13.0. The van der Waals surface area contributed by atoms with Crippen molar-refractivity contribution >= 4 is 30.5 Å². The van der Waals surface area contributed by atoms with E-state index >= 15 is 0 Å². The summed E-state index contributed by atoms with van der Waals surface area (Å²) in [5.41, 5.74) is 0.578. The number of aliphatic imine (C=N–C) groups is 1. The van der Waals surface area contributed by atoms with Gasteiger partial charge >= 0.3 is 7.12 Å². The molecule has 0 aliphatic rings. The van der Waals surface area contributed by atoms with Gasteiger partial charge in [-0.2, -0.15) is 5.26 Å². The summed E-state index contributed by atoms with van der Waals surface area (Å²) in [4.78, 5) is 49.1. The number of nitrogens with one attached hydrogen (secondary N) is 2. The number of benzene rings is 1. The molecule has 0 aliphatic heterocycles. The van der Waals surface area contributed by atoms with E-state index < -0.39 is 30.9 Å². The minimum absolute atomic E-state index is 0.00197. The average Bonchev–Trinajstić information content (AvgIpc) is 2.89. The second-order valence-corrected chi connectivity index (χ2v) is 7.66. The lowest BCUT2D eigenvalue weighted by molar-refractivity contribution is -0.120. The van der Waals surface area contributed by atoms with Gasteiger partial charge in [0.1, 0.15) is 23.4 Å². The van der Waals surface area contributed by atoms with E-state index in [0.717, 1.165) is 5.56 Å². The molecule has 0 saturated heterocycles. The molecule has 2 rings (SSSR count). The van der Waals surface area contributed by atoms with Gasteiger partial charge in [-0.15, -0.1) is 0 Å². The Morgan fingerprint density at radius 1 is 1.19 bits per heavy atom. The van der Waals surface area contributed by atoms with E-state index in [1.54, 1.807) is 43.3 Å². The molecule has 0 aliphatic carbocycles. The Kier molecular flexibility index (Phi) is 11.6. The summed E-state index contributed by atoms with van der Waals surface area (Å²) in [6.07, 6.45) is 6.48. The molecule has 4 N–H and O–H groups in total. The van der Waals surface area contributed by atoms with Crippen LogP contribution in [0.25, 0.3) is 0 Å². The first-order chi connectivity index (χ1) is 17.3. The Hall–Kier alpha value is -4.21. The standard InChI is InChI=1S/C24H27BN6O5/c1-2-18(15-26)22(32)29-11-7-6-10-19(30-24(34)20-16-27-12-13-28-20)23(33)31-21(25(35)36)14-17-8-4-3-5-9-17/h2-5,8-9,12-13,16,19,35-36H,6-7,10-11,14H2,1H3,(H,29,32)(H,30,34)/b18-2+,31-21?/t19-/m0/s1. The lowest BCUT2D eigenvalue weighted by Crippen LogP contribution is -2.42. The highest BCUT2D eigenvalue weighted by Crippen LogP contribution is 2.08. The minimum Gasteiger partial charge on any atom is -0.422 e. The van der Waals surface area contributed by atoms with Crippen molar-refractivity contribution in [2.45, 2.75) is 38.6 Å². The van der Waals surface area contributed by atoms with Gasteiger partial charge in [0.25, 0.3) is 17.7 Å². The highest BCUT2D eigenvalue weighted by molar-refractivity contribution is 6.80. The number of hydrogen-bond acceptors (Lipinski definition) is 8. The second kappa shape index (κ2) is 14.9. The molecule has 1 aromatic carbocycles. The van der Waals surface area contributed by atoms with E-state index in [0.29, 0.717) is 12.8 Å². The van der Waals surface area contributed by atoms with Gasteiger partial charge in [-0.25, -0.2) is 9.98 Å². The SMILES string of the molecule is C/C=C(\C#N)C(=O)NCCCC[C@H](NC(=O)c1cnccn1)C(=O)N=C(Cc1ccccc1)B(O)O. The third-order valence-electron chi connectivity index (χ3n) is 5.04. The number of nitriles is 1. The van der Waals surface area contributed by atoms with Crippen molar-refractivity contribution < 1.29 is 24.4 Å². The monoisotopic (exact) mass is 490 g/mol. The van der Waals surface area contributed by atoms with Gasteiger partial charge in [0.15, 0.2) is 0 Å². The third-order valence-corrected chi connectivity index (χ3v) is 5.04. The quantitative estimate of drug-likeness (QED) is 0.110. The number of amides is 3. The van der Waals surface area contributed by atoms with Crippen molar-refractivity contribution in [3.8, 4) is 6.07 Å². The van der Waals surface area contributed by atoms with Crippen LogP contribution in [0.3, 0.4) is 0 Å². The van der Waals surface area contributed by atoms with E-state index in [2.05, 4.69) is 25.6 Å². The number of hydrogen-bond donors (Lipinski definition) is 4. The summed E-state index contributed by atoms with van der Waals surface area (Å²) in [5.74, 6) is -1.88. The van der Waals surface area contributed by atoms with Crippen LogP contribution in [0.4, 0.5) is 0 Å². The predicted molar refractivity (Wildman–Crippen MR) is 132 cm³/mol. The normalized spacial score (nSPS) is 12.3. The lowest BCUT2D eigenvalue weighted by atomic mass is 9.79. The average molecular weight is 490 g/mol. The maximum absolute atomic E-state index is 13.0. The molecule has 0 saturated carbocycles. The van der Waals surface area contributed by atoms with Crippen LogP contribution in [0, 0.1) is 11.3 Å². The van der Waals surface area contributed by atoms with Crippen LogP contribution in [-0.2, 0) is 16.0 Å². The zero-order valence-corrected chi connectivity index (χ0v) is 19.8. The Morgan fingerprint density at radius 2 is 1.94 bits per heavy atom. The molecule has 0 spiro atoms. The number of allylic oxidation sites excluding steroid dienone is 1. The van der Waals surface area contributed by atoms with E-state index in [1.165, 1.54) is 24.7 Å². The van der Waals surface area contributed by atoms with Gasteiger partial charge in [0.2, 0.25) is 0 Å². The zero-order valence-electron chi connectivity index (χ0n) is 19.8. The molecular weight excluding hydrogens is 463 g/mol. The van der Waals surface area contributed by atoms with Gasteiger partial charge in [0.05, 0.1) is 11.8 Å². The van der Waals surface area contributed by atoms with Crippen molar-refractivity contribution in [2.24, 2.45) is 4.99 Å². The predicted octanol–water partition coefficient (Wildman–Crippen LogP) is 0.554.